The molecule has 2 aromatic heterocycles. The van der Waals surface area contributed by atoms with Crippen molar-refractivity contribution >= 4 is 11.6 Å². The summed E-state index contributed by atoms with van der Waals surface area (Å²) in [6, 6.07) is 7.29. The lowest BCUT2D eigenvalue weighted by Gasteiger charge is -1.98. The lowest BCUT2D eigenvalue weighted by Crippen LogP contribution is -1.99. The fourth-order valence-electron chi connectivity index (χ4n) is 1.92. The maximum absolute atomic E-state index is 13.2. The van der Waals surface area contributed by atoms with Crippen LogP contribution in [0.25, 0.3) is 16.9 Å². The molecule has 0 saturated carbocycles. The SMILES string of the molecule is O=C(O)c1c(-c2cccc(F)c2)nn2cccnc12. The minimum atomic E-state index is -1.15. The van der Waals surface area contributed by atoms with E-state index in [1.807, 2.05) is 0 Å². The first-order valence-corrected chi connectivity index (χ1v) is 5.49. The summed E-state index contributed by atoms with van der Waals surface area (Å²) in [4.78, 5) is 15.4. The van der Waals surface area contributed by atoms with E-state index in [2.05, 4.69) is 10.1 Å². The Kier molecular flexibility index (Phi) is 2.49. The van der Waals surface area contributed by atoms with Gasteiger partial charge in [-0.05, 0) is 18.2 Å². The summed E-state index contributed by atoms with van der Waals surface area (Å²) < 4.78 is 14.6. The molecule has 1 N–H and O–H groups in total. The maximum atomic E-state index is 13.2. The van der Waals surface area contributed by atoms with Crippen molar-refractivity contribution in [1.82, 2.24) is 14.6 Å². The van der Waals surface area contributed by atoms with Gasteiger partial charge in [0.2, 0.25) is 0 Å². The number of benzene rings is 1. The van der Waals surface area contributed by atoms with Crippen molar-refractivity contribution in [3.63, 3.8) is 0 Å². The Morgan fingerprint density at radius 2 is 2.16 bits per heavy atom. The zero-order chi connectivity index (χ0) is 13.4. The van der Waals surface area contributed by atoms with Crippen LogP contribution in [0.2, 0.25) is 0 Å². The highest BCUT2D eigenvalue weighted by Crippen LogP contribution is 2.25. The predicted molar refractivity (Wildman–Crippen MR) is 65.3 cm³/mol. The molecule has 5 nitrogen and oxygen atoms in total. The first-order valence-electron chi connectivity index (χ1n) is 5.49. The summed E-state index contributed by atoms with van der Waals surface area (Å²) >= 11 is 0. The Hall–Kier alpha value is -2.76. The van der Waals surface area contributed by atoms with E-state index in [1.54, 1.807) is 18.3 Å². The molecule has 0 radical (unpaired) electrons. The van der Waals surface area contributed by atoms with Gasteiger partial charge in [0, 0.05) is 18.0 Å². The third-order valence-corrected chi connectivity index (χ3v) is 2.71. The predicted octanol–water partition coefficient (Wildman–Crippen LogP) is 2.23. The maximum Gasteiger partial charge on any atom is 0.341 e. The number of carbonyl (C=O) groups is 1. The zero-order valence-electron chi connectivity index (χ0n) is 9.62. The molecular formula is C13H8FN3O2. The van der Waals surface area contributed by atoms with Crippen LogP contribution in [0.15, 0.2) is 42.7 Å². The van der Waals surface area contributed by atoms with Gasteiger partial charge in [0.25, 0.3) is 0 Å². The Balaban J connectivity index is 2.34. The number of rotatable bonds is 2. The fourth-order valence-corrected chi connectivity index (χ4v) is 1.92. The van der Waals surface area contributed by atoms with Crippen molar-refractivity contribution in [1.29, 1.82) is 0 Å². The van der Waals surface area contributed by atoms with Crippen LogP contribution in [0.5, 0.6) is 0 Å². The van der Waals surface area contributed by atoms with Gasteiger partial charge in [-0.15, -0.1) is 0 Å². The van der Waals surface area contributed by atoms with Gasteiger partial charge in [-0.1, -0.05) is 12.1 Å². The molecule has 3 aromatic rings. The van der Waals surface area contributed by atoms with E-state index in [9.17, 15) is 14.3 Å². The topological polar surface area (TPSA) is 67.5 Å². The second-order valence-corrected chi connectivity index (χ2v) is 3.93. The number of carboxylic acids is 1. The van der Waals surface area contributed by atoms with E-state index in [0.29, 0.717) is 5.56 Å². The highest BCUT2D eigenvalue weighted by molar-refractivity contribution is 6.01. The highest BCUT2D eigenvalue weighted by atomic mass is 19.1. The average Bonchev–Trinajstić information content (AvgIpc) is 2.78. The Morgan fingerprint density at radius 1 is 1.32 bits per heavy atom. The molecule has 0 fully saturated rings. The number of fused-ring (bicyclic) bond motifs is 1. The van der Waals surface area contributed by atoms with Crippen molar-refractivity contribution in [2.24, 2.45) is 0 Å². The molecule has 2 heterocycles. The van der Waals surface area contributed by atoms with Crippen LogP contribution in [0.4, 0.5) is 4.39 Å². The monoisotopic (exact) mass is 257 g/mol. The quantitative estimate of drug-likeness (QED) is 0.764. The molecule has 0 unspecified atom stereocenters. The van der Waals surface area contributed by atoms with Gasteiger partial charge >= 0.3 is 5.97 Å². The molecular weight excluding hydrogens is 249 g/mol. The molecule has 0 saturated heterocycles. The van der Waals surface area contributed by atoms with Crippen LogP contribution in [0.3, 0.4) is 0 Å². The van der Waals surface area contributed by atoms with Crippen LogP contribution >= 0.6 is 0 Å². The standard InChI is InChI=1S/C13H8FN3O2/c14-9-4-1-3-8(7-9)11-10(13(18)19)12-15-5-2-6-17(12)16-11/h1-7H,(H,18,19). The normalized spacial score (nSPS) is 10.8. The molecule has 0 aliphatic rings. The Labute approximate surface area is 107 Å². The Bertz CT molecular complexity index is 782. The number of hydrogen-bond donors (Lipinski definition) is 1. The number of aromatic nitrogens is 3. The van der Waals surface area contributed by atoms with Crippen LogP contribution < -0.4 is 0 Å². The van der Waals surface area contributed by atoms with E-state index in [4.69, 9.17) is 0 Å². The molecule has 0 amide bonds. The van der Waals surface area contributed by atoms with E-state index < -0.39 is 11.8 Å². The first kappa shape index (κ1) is 11.3. The molecule has 0 aliphatic heterocycles. The summed E-state index contributed by atoms with van der Waals surface area (Å²) in [5, 5.41) is 13.4. The van der Waals surface area contributed by atoms with Crippen LogP contribution in [0, 0.1) is 5.82 Å². The van der Waals surface area contributed by atoms with Gasteiger partial charge in [-0.3, -0.25) is 0 Å². The van der Waals surface area contributed by atoms with E-state index in [0.717, 1.165) is 0 Å². The highest BCUT2D eigenvalue weighted by Gasteiger charge is 2.21. The van der Waals surface area contributed by atoms with Crippen molar-refractivity contribution in [3.8, 4) is 11.3 Å². The lowest BCUT2D eigenvalue weighted by atomic mass is 10.1. The third-order valence-electron chi connectivity index (χ3n) is 2.71. The molecule has 6 heteroatoms. The number of carboxylic acid groups (broad SMARTS) is 1. The molecule has 94 valence electrons. The second-order valence-electron chi connectivity index (χ2n) is 3.93. The molecule has 0 bridgehead atoms. The van der Waals surface area contributed by atoms with Gasteiger partial charge in [-0.25, -0.2) is 18.7 Å². The number of nitrogens with zero attached hydrogens (tertiary/aromatic N) is 3. The molecule has 0 aliphatic carbocycles. The van der Waals surface area contributed by atoms with Crippen LogP contribution in [-0.2, 0) is 0 Å². The summed E-state index contributed by atoms with van der Waals surface area (Å²) in [6.07, 6.45) is 3.08. The smallest absolute Gasteiger partial charge is 0.341 e. The van der Waals surface area contributed by atoms with Crippen molar-refractivity contribution in [3.05, 3.63) is 54.1 Å². The van der Waals surface area contributed by atoms with Gasteiger partial charge in [0.15, 0.2) is 5.65 Å². The molecule has 1 aromatic carbocycles. The molecule has 0 spiro atoms. The van der Waals surface area contributed by atoms with Crippen molar-refractivity contribution in [2.45, 2.75) is 0 Å². The summed E-state index contributed by atoms with van der Waals surface area (Å²) in [7, 11) is 0. The second kappa shape index (κ2) is 4.16. The van der Waals surface area contributed by atoms with E-state index >= 15 is 0 Å². The first-order chi connectivity index (χ1) is 9.16. The van der Waals surface area contributed by atoms with E-state index in [-0.39, 0.29) is 16.9 Å². The summed E-state index contributed by atoms with van der Waals surface area (Å²) in [5.74, 6) is -1.59. The van der Waals surface area contributed by atoms with E-state index in [1.165, 1.54) is 28.9 Å². The summed E-state index contributed by atoms with van der Waals surface area (Å²) in [6.45, 7) is 0. The van der Waals surface area contributed by atoms with Crippen LogP contribution in [-0.4, -0.2) is 25.7 Å². The van der Waals surface area contributed by atoms with Crippen molar-refractivity contribution < 1.29 is 14.3 Å². The molecule has 3 rings (SSSR count). The Morgan fingerprint density at radius 3 is 2.89 bits per heavy atom. The van der Waals surface area contributed by atoms with Gasteiger partial charge < -0.3 is 5.11 Å². The lowest BCUT2D eigenvalue weighted by molar-refractivity contribution is 0.0699. The minimum Gasteiger partial charge on any atom is -0.477 e. The number of hydrogen-bond acceptors (Lipinski definition) is 3. The average molecular weight is 257 g/mol. The molecule has 0 atom stereocenters. The molecule has 19 heavy (non-hydrogen) atoms. The number of aromatic carboxylic acids is 1. The minimum absolute atomic E-state index is 0.0359. The summed E-state index contributed by atoms with van der Waals surface area (Å²) in [5.41, 5.74) is 0.800. The van der Waals surface area contributed by atoms with Crippen molar-refractivity contribution in [2.75, 3.05) is 0 Å². The third kappa shape index (κ3) is 1.83. The fraction of sp³-hybridized carbons (Fsp3) is 0. The van der Waals surface area contributed by atoms with Crippen LogP contribution in [0.1, 0.15) is 10.4 Å². The van der Waals surface area contributed by atoms with Gasteiger partial charge in [0.05, 0.1) is 0 Å². The van der Waals surface area contributed by atoms with Gasteiger partial charge in [0.1, 0.15) is 17.1 Å². The zero-order valence-corrected chi connectivity index (χ0v) is 9.62. The number of halogens is 1. The van der Waals surface area contributed by atoms with Gasteiger partial charge in [-0.2, -0.15) is 5.10 Å². The largest absolute Gasteiger partial charge is 0.477 e.